The number of aliphatic hydroxyl groups is 1. The molecule has 0 bridgehead atoms. The molecule has 4 heteroatoms. The molecule has 18 heavy (non-hydrogen) atoms. The normalized spacial score (nSPS) is 45.1. The van der Waals surface area contributed by atoms with Gasteiger partial charge < -0.3 is 19.5 Å². The van der Waals surface area contributed by atoms with Crippen molar-refractivity contribution in [1.29, 1.82) is 0 Å². The van der Waals surface area contributed by atoms with Crippen molar-refractivity contribution in [3.8, 4) is 0 Å². The average molecular weight is 253 g/mol. The van der Waals surface area contributed by atoms with Gasteiger partial charge in [0.2, 0.25) is 0 Å². The molecule has 0 spiro atoms. The first-order valence-electron chi connectivity index (χ1n) is 7.17. The smallest absolute Gasteiger partial charge is 0.129 e. The number of likely N-dealkylation sites (tertiary alicyclic amines) is 1. The van der Waals surface area contributed by atoms with E-state index < -0.39 is 0 Å². The Balaban J connectivity index is 1.61. The van der Waals surface area contributed by atoms with Crippen molar-refractivity contribution in [3.05, 3.63) is 0 Å². The maximum atomic E-state index is 11.4. The van der Waals surface area contributed by atoms with Crippen LogP contribution in [-0.2, 0) is 9.53 Å². The van der Waals surface area contributed by atoms with Gasteiger partial charge in [-0.15, -0.1) is 0 Å². The van der Waals surface area contributed by atoms with Gasteiger partial charge in [-0.05, 0) is 31.6 Å². The van der Waals surface area contributed by atoms with Crippen LogP contribution in [-0.4, -0.2) is 55.2 Å². The highest BCUT2D eigenvalue weighted by Gasteiger charge is 2.44. The van der Waals surface area contributed by atoms with E-state index in [9.17, 15) is 9.90 Å². The topological polar surface area (TPSA) is 49.8 Å². The van der Waals surface area contributed by atoms with Gasteiger partial charge in [-0.25, -0.2) is 0 Å². The first-order chi connectivity index (χ1) is 8.72. The van der Waals surface area contributed by atoms with Crippen LogP contribution in [0.25, 0.3) is 0 Å². The number of nitrogens with zero attached hydrogens (tertiary/aromatic N) is 1. The molecular formula is C14H23NO3. The summed E-state index contributed by atoms with van der Waals surface area (Å²) in [6.07, 6.45) is 5.04. The summed E-state index contributed by atoms with van der Waals surface area (Å²) in [6, 6.07) is 0. The van der Waals surface area contributed by atoms with Crippen LogP contribution in [0.15, 0.2) is 0 Å². The van der Waals surface area contributed by atoms with E-state index in [2.05, 4.69) is 4.90 Å². The lowest BCUT2D eigenvalue weighted by Gasteiger charge is -2.35. The summed E-state index contributed by atoms with van der Waals surface area (Å²) < 4.78 is 5.49. The number of fused-ring (bicyclic) bond motifs is 1. The Morgan fingerprint density at radius 2 is 2.28 bits per heavy atom. The highest BCUT2D eigenvalue weighted by molar-refractivity contribution is 5.60. The predicted molar refractivity (Wildman–Crippen MR) is 67.2 cm³/mol. The zero-order chi connectivity index (χ0) is 12.6. The van der Waals surface area contributed by atoms with Crippen LogP contribution in [0.2, 0.25) is 0 Å². The maximum Gasteiger partial charge on any atom is 0.129 e. The van der Waals surface area contributed by atoms with E-state index in [4.69, 9.17) is 4.74 Å². The van der Waals surface area contributed by atoms with Gasteiger partial charge in [-0.2, -0.15) is 0 Å². The number of hydrogen-bond acceptors (Lipinski definition) is 4. The fraction of sp³-hybridized carbons (Fsp3) is 0.929. The van der Waals surface area contributed by atoms with Crippen molar-refractivity contribution in [2.24, 2.45) is 17.3 Å². The Morgan fingerprint density at radius 3 is 2.94 bits per heavy atom. The van der Waals surface area contributed by atoms with Gasteiger partial charge in [-0.3, -0.25) is 0 Å². The number of rotatable bonds is 3. The fourth-order valence-corrected chi connectivity index (χ4v) is 4.03. The molecule has 4 nitrogen and oxygen atoms in total. The van der Waals surface area contributed by atoms with Crippen LogP contribution >= 0.6 is 0 Å². The van der Waals surface area contributed by atoms with E-state index in [0.29, 0.717) is 18.4 Å². The second kappa shape index (κ2) is 4.91. The Labute approximate surface area is 108 Å². The van der Waals surface area contributed by atoms with Gasteiger partial charge >= 0.3 is 0 Å². The van der Waals surface area contributed by atoms with Crippen molar-refractivity contribution in [2.45, 2.75) is 31.8 Å². The lowest BCUT2D eigenvalue weighted by Crippen LogP contribution is -2.44. The Bertz CT molecular complexity index is 314. The lowest BCUT2D eigenvalue weighted by atomic mass is 9.83. The van der Waals surface area contributed by atoms with E-state index in [0.717, 1.165) is 58.2 Å². The van der Waals surface area contributed by atoms with Gasteiger partial charge in [-0.1, -0.05) is 0 Å². The Morgan fingerprint density at radius 1 is 1.39 bits per heavy atom. The monoisotopic (exact) mass is 253 g/mol. The van der Waals surface area contributed by atoms with E-state index >= 15 is 0 Å². The molecule has 3 fully saturated rings. The molecule has 1 saturated carbocycles. The molecule has 1 aliphatic carbocycles. The summed E-state index contributed by atoms with van der Waals surface area (Å²) >= 11 is 0. The van der Waals surface area contributed by atoms with Gasteiger partial charge in [0.25, 0.3) is 0 Å². The average Bonchev–Trinajstić information content (AvgIpc) is 2.93. The quantitative estimate of drug-likeness (QED) is 0.752. The molecule has 0 radical (unpaired) electrons. The third-order valence-corrected chi connectivity index (χ3v) is 5.04. The van der Waals surface area contributed by atoms with Gasteiger partial charge in [0, 0.05) is 32.2 Å². The van der Waals surface area contributed by atoms with Crippen molar-refractivity contribution in [3.63, 3.8) is 0 Å². The molecule has 4 atom stereocenters. The minimum atomic E-state index is -0.290. The zero-order valence-electron chi connectivity index (χ0n) is 10.9. The molecule has 0 aromatic rings. The molecular weight excluding hydrogens is 230 g/mol. The number of ether oxygens (including phenoxy) is 1. The molecule has 0 amide bonds. The number of aliphatic hydroxyl groups excluding tert-OH is 1. The summed E-state index contributed by atoms with van der Waals surface area (Å²) in [5, 5.41) is 9.92. The van der Waals surface area contributed by atoms with Crippen molar-refractivity contribution >= 4 is 6.29 Å². The van der Waals surface area contributed by atoms with Gasteiger partial charge in [0.05, 0.1) is 18.1 Å². The van der Waals surface area contributed by atoms with Crippen molar-refractivity contribution in [1.82, 2.24) is 4.90 Å². The summed E-state index contributed by atoms with van der Waals surface area (Å²) in [7, 11) is 0. The first kappa shape index (κ1) is 12.6. The van der Waals surface area contributed by atoms with Crippen LogP contribution in [0, 0.1) is 17.3 Å². The third-order valence-electron chi connectivity index (χ3n) is 5.04. The van der Waals surface area contributed by atoms with Crippen molar-refractivity contribution < 1.29 is 14.6 Å². The molecule has 3 aliphatic rings. The molecule has 4 unspecified atom stereocenters. The van der Waals surface area contributed by atoms with Crippen LogP contribution in [0.5, 0.6) is 0 Å². The second-order valence-corrected chi connectivity index (χ2v) is 6.40. The zero-order valence-corrected chi connectivity index (χ0v) is 10.9. The summed E-state index contributed by atoms with van der Waals surface area (Å²) in [4.78, 5) is 13.8. The first-order valence-corrected chi connectivity index (χ1v) is 7.17. The third kappa shape index (κ3) is 2.22. The highest BCUT2D eigenvalue weighted by atomic mass is 16.5. The summed E-state index contributed by atoms with van der Waals surface area (Å²) in [6.45, 7) is 4.19. The minimum absolute atomic E-state index is 0.116. The van der Waals surface area contributed by atoms with Gasteiger partial charge in [0.15, 0.2) is 0 Å². The van der Waals surface area contributed by atoms with Crippen molar-refractivity contribution in [2.75, 3.05) is 32.8 Å². The SMILES string of the molecule is O=CC1(CN2CC3CCC(O)C3C2)CCCOC1. The highest BCUT2D eigenvalue weighted by Crippen LogP contribution is 2.39. The largest absolute Gasteiger partial charge is 0.393 e. The summed E-state index contributed by atoms with van der Waals surface area (Å²) in [5.41, 5.74) is -0.290. The van der Waals surface area contributed by atoms with E-state index in [1.165, 1.54) is 0 Å². The summed E-state index contributed by atoms with van der Waals surface area (Å²) in [5.74, 6) is 1.09. The molecule has 2 heterocycles. The Hall–Kier alpha value is -0.450. The number of hydrogen-bond donors (Lipinski definition) is 1. The minimum Gasteiger partial charge on any atom is -0.393 e. The van der Waals surface area contributed by atoms with Crippen LogP contribution in [0.1, 0.15) is 25.7 Å². The standard InChI is InChI=1S/C14H23NO3/c16-9-14(4-1-5-18-10-14)8-15-6-11-2-3-13(17)12(11)7-15/h9,11-13,17H,1-8,10H2. The number of aldehydes is 1. The maximum absolute atomic E-state index is 11.4. The molecule has 1 N–H and O–H groups in total. The van der Waals surface area contributed by atoms with Gasteiger partial charge in [0.1, 0.15) is 6.29 Å². The predicted octanol–water partition coefficient (Wildman–Crippen LogP) is 0.685. The molecule has 3 rings (SSSR count). The van der Waals surface area contributed by atoms with Crippen LogP contribution in [0.4, 0.5) is 0 Å². The van der Waals surface area contributed by atoms with Crippen LogP contribution in [0.3, 0.4) is 0 Å². The number of carbonyl (C=O) groups is 1. The molecule has 0 aromatic carbocycles. The Kier molecular flexibility index (Phi) is 3.43. The van der Waals surface area contributed by atoms with E-state index in [1.807, 2.05) is 0 Å². The molecule has 102 valence electrons. The second-order valence-electron chi connectivity index (χ2n) is 6.40. The number of carbonyl (C=O) groups excluding carboxylic acids is 1. The van der Waals surface area contributed by atoms with E-state index in [-0.39, 0.29) is 11.5 Å². The molecule has 2 aliphatic heterocycles. The van der Waals surface area contributed by atoms with Crippen LogP contribution < -0.4 is 0 Å². The van der Waals surface area contributed by atoms with E-state index in [1.54, 1.807) is 0 Å². The lowest BCUT2D eigenvalue weighted by molar-refractivity contribution is -0.125. The fourth-order valence-electron chi connectivity index (χ4n) is 4.03. The molecule has 2 saturated heterocycles. The molecule has 0 aromatic heterocycles.